The lowest BCUT2D eigenvalue weighted by Crippen LogP contribution is -2.39. The van der Waals surface area contributed by atoms with E-state index in [0.29, 0.717) is 18.5 Å². The molecular formula is C14H28N2O. The van der Waals surface area contributed by atoms with E-state index >= 15 is 0 Å². The van der Waals surface area contributed by atoms with Crippen molar-refractivity contribution in [1.82, 2.24) is 10.6 Å². The van der Waals surface area contributed by atoms with Crippen molar-refractivity contribution >= 4 is 5.91 Å². The van der Waals surface area contributed by atoms with Gasteiger partial charge in [0.05, 0.1) is 0 Å². The molecule has 1 saturated heterocycles. The van der Waals surface area contributed by atoms with Crippen molar-refractivity contribution in [2.75, 3.05) is 6.54 Å². The van der Waals surface area contributed by atoms with Crippen LogP contribution in [0.15, 0.2) is 0 Å². The number of hydrogen-bond donors (Lipinski definition) is 2. The van der Waals surface area contributed by atoms with Gasteiger partial charge >= 0.3 is 0 Å². The molecule has 1 heterocycles. The quantitative estimate of drug-likeness (QED) is 0.608. The third kappa shape index (κ3) is 6.67. The molecule has 0 aromatic heterocycles. The topological polar surface area (TPSA) is 41.1 Å². The van der Waals surface area contributed by atoms with E-state index in [9.17, 15) is 4.79 Å². The Balaban J connectivity index is 1.94. The molecule has 1 aliphatic rings. The molecule has 2 N–H and O–H groups in total. The van der Waals surface area contributed by atoms with Gasteiger partial charge in [0.2, 0.25) is 5.91 Å². The molecule has 1 rings (SSSR count). The number of rotatable bonds is 9. The van der Waals surface area contributed by atoms with Gasteiger partial charge in [-0.1, -0.05) is 39.0 Å². The molecule has 0 aromatic carbocycles. The van der Waals surface area contributed by atoms with Gasteiger partial charge in [0, 0.05) is 25.0 Å². The van der Waals surface area contributed by atoms with Gasteiger partial charge in [-0.2, -0.15) is 0 Å². The van der Waals surface area contributed by atoms with E-state index in [1.807, 2.05) is 0 Å². The van der Waals surface area contributed by atoms with E-state index in [4.69, 9.17) is 0 Å². The van der Waals surface area contributed by atoms with Crippen molar-refractivity contribution < 1.29 is 4.79 Å². The highest BCUT2D eigenvalue weighted by Crippen LogP contribution is 2.08. The van der Waals surface area contributed by atoms with Crippen LogP contribution in [0.2, 0.25) is 0 Å². The van der Waals surface area contributed by atoms with Crippen LogP contribution in [0.4, 0.5) is 0 Å². The van der Waals surface area contributed by atoms with Crippen molar-refractivity contribution in [3.05, 3.63) is 0 Å². The van der Waals surface area contributed by atoms with Crippen molar-refractivity contribution in [2.45, 2.75) is 77.3 Å². The van der Waals surface area contributed by atoms with Gasteiger partial charge in [-0.3, -0.25) is 4.79 Å². The summed E-state index contributed by atoms with van der Waals surface area (Å²) in [6.07, 6.45) is 9.70. The Morgan fingerprint density at radius 2 is 2.12 bits per heavy atom. The lowest BCUT2D eigenvalue weighted by molar-refractivity contribution is -0.119. The zero-order chi connectivity index (χ0) is 12.5. The highest BCUT2D eigenvalue weighted by atomic mass is 16.1. The summed E-state index contributed by atoms with van der Waals surface area (Å²) in [4.78, 5) is 11.0. The van der Waals surface area contributed by atoms with E-state index in [-0.39, 0.29) is 5.91 Å². The third-order valence-corrected chi connectivity index (χ3v) is 3.54. The number of nitrogens with one attached hydrogen (secondary N) is 2. The summed E-state index contributed by atoms with van der Waals surface area (Å²) < 4.78 is 0. The molecule has 1 aliphatic heterocycles. The maximum Gasteiger partial charge on any atom is 0.220 e. The minimum atomic E-state index is 0.212. The summed E-state index contributed by atoms with van der Waals surface area (Å²) in [6, 6.07) is 0.944. The predicted molar refractivity (Wildman–Crippen MR) is 72.0 cm³/mol. The highest BCUT2D eigenvalue weighted by molar-refractivity contribution is 5.78. The van der Waals surface area contributed by atoms with Crippen LogP contribution in [0.1, 0.15) is 65.2 Å². The second kappa shape index (κ2) is 8.51. The molecule has 2 unspecified atom stereocenters. The zero-order valence-electron chi connectivity index (χ0n) is 11.4. The van der Waals surface area contributed by atoms with Gasteiger partial charge in [0.15, 0.2) is 0 Å². The molecule has 3 nitrogen and oxygen atoms in total. The molecule has 1 amide bonds. The zero-order valence-corrected chi connectivity index (χ0v) is 11.4. The van der Waals surface area contributed by atoms with Crippen LogP contribution in [-0.4, -0.2) is 24.5 Å². The Morgan fingerprint density at radius 1 is 1.35 bits per heavy atom. The molecule has 0 bridgehead atoms. The van der Waals surface area contributed by atoms with E-state index in [1.54, 1.807) is 0 Å². The summed E-state index contributed by atoms with van der Waals surface area (Å²) in [6.45, 7) is 5.43. The molecule has 100 valence electrons. The number of unbranched alkanes of at least 4 members (excludes halogenated alkanes) is 4. The van der Waals surface area contributed by atoms with Crippen LogP contribution in [0.25, 0.3) is 0 Å². The fourth-order valence-corrected chi connectivity index (χ4v) is 2.33. The van der Waals surface area contributed by atoms with Gasteiger partial charge in [-0.25, -0.2) is 0 Å². The number of amides is 1. The predicted octanol–water partition coefficient (Wildman–Crippen LogP) is 2.60. The summed E-state index contributed by atoms with van der Waals surface area (Å²) in [5.74, 6) is 0.212. The molecule has 3 heteroatoms. The van der Waals surface area contributed by atoms with Crippen molar-refractivity contribution in [1.29, 1.82) is 0 Å². The standard InChI is InChI=1S/C14H28N2O/c1-3-4-5-6-7-8-12(2)15-11-13-9-10-14(17)16-13/h12-13,15H,3-11H2,1-2H3,(H,16,17). The maximum absolute atomic E-state index is 11.0. The molecule has 0 spiro atoms. The second-order valence-corrected chi connectivity index (χ2v) is 5.32. The van der Waals surface area contributed by atoms with Gasteiger partial charge in [-0.15, -0.1) is 0 Å². The minimum absolute atomic E-state index is 0.212. The fraction of sp³-hybridized carbons (Fsp3) is 0.929. The first kappa shape index (κ1) is 14.5. The summed E-state index contributed by atoms with van der Waals surface area (Å²) in [5, 5.41) is 6.51. The van der Waals surface area contributed by atoms with Gasteiger partial charge < -0.3 is 10.6 Å². The smallest absolute Gasteiger partial charge is 0.220 e. The SMILES string of the molecule is CCCCCCCC(C)NCC1CCC(=O)N1. The van der Waals surface area contributed by atoms with Crippen LogP contribution in [-0.2, 0) is 4.79 Å². The molecule has 0 aliphatic carbocycles. The fourth-order valence-electron chi connectivity index (χ4n) is 2.33. The summed E-state index contributed by atoms with van der Waals surface area (Å²) >= 11 is 0. The lowest BCUT2D eigenvalue weighted by atomic mass is 10.1. The number of carbonyl (C=O) groups excluding carboxylic acids is 1. The molecule has 2 atom stereocenters. The average Bonchev–Trinajstić information content (AvgIpc) is 2.72. The van der Waals surface area contributed by atoms with Crippen LogP contribution in [0.3, 0.4) is 0 Å². The van der Waals surface area contributed by atoms with Gasteiger partial charge in [0.25, 0.3) is 0 Å². The van der Waals surface area contributed by atoms with Crippen LogP contribution in [0, 0.1) is 0 Å². The monoisotopic (exact) mass is 240 g/mol. The first-order chi connectivity index (χ1) is 8.22. The summed E-state index contributed by atoms with van der Waals surface area (Å²) in [7, 11) is 0. The normalized spacial score (nSPS) is 21.5. The van der Waals surface area contributed by atoms with Crippen molar-refractivity contribution in [2.24, 2.45) is 0 Å². The number of carbonyl (C=O) groups is 1. The highest BCUT2D eigenvalue weighted by Gasteiger charge is 2.20. The molecule has 0 saturated carbocycles. The molecule has 17 heavy (non-hydrogen) atoms. The third-order valence-electron chi connectivity index (χ3n) is 3.54. The van der Waals surface area contributed by atoms with Gasteiger partial charge in [-0.05, 0) is 19.8 Å². The number of hydrogen-bond acceptors (Lipinski definition) is 2. The van der Waals surface area contributed by atoms with E-state index in [2.05, 4.69) is 24.5 Å². The first-order valence-corrected chi connectivity index (χ1v) is 7.25. The molecule has 1 fully saturated rings. The van der Waals surface area contributed by atoms with E-state index < -0.39 is 0 Å². The summed E-state index contributed by atoms with van der Waals surface area (Å²) in [5.41, 5.74) is 0. The Morgan fingerprint density at radius 3 is 2.76 bits per heavy atom. The average molecular weight is 240 g/mol. The van der Waals surface area contributed by atoms with Crippen molar-refractivity contribution in [3.63, 3.8) is 0 Å². The van der Waals surface area contributed by atoms with Crippen molar-refractivity contribution in [3.8, 4) is 0 Å². The Hall–Kier alpha value is -0.570. The first-order valence-electron chi connectivity index (χ1n) is 7.25. The minimum Gasteiger partial charge on any atom is -0.352 e. The molecule has 0 radical (unpaired) electrons. The lowest BCUT2D eigenvalue weighted by Gasteiger charge is -2.17. The largest absolute Gasteiger partial charge is 0.352 e. The Bertz CT molecular complexity index is 218. The van der Waals surface area contributed by atoms with E-state index in [1.165, 1.54) is 38.5 Å². The molecular weight excluding hydrogens is 212 g/mol. The van der Waals surface area contributed by atoms with E-state index in [0.717, 1.165) is 13.0 Å². The van der Waals surface area contributed by atoms with Crippen LogP contribution in [0.5, 0.6) is 0 Å². The Labute approximate surface area is 106 Å². The van der Waals surface area contributed by atoms with Crippen LogP contribution >= 0.6 is 0 Å². The molecule has 0 aromatic rings. The Kier molecular flexibility index (Phi) is 7.25. The van der Waals surface area contributed by atoms with Gasteiger partial charge in [0.1, 0.15) is 0 Å². The maximum atomic E-state index is 11.0. The van der Waals surface area contributed by atoms with Crippen LogP contribution < -0.4 is 10.6 Å². The second-order valence-electron chi connectivity index (χ2n) is 5.32.